The Hall–Kier alpha value is -2.28. The van der Waals surface area contributed by atoms with Gasteiger partial charge in [-0.15, -0.1) is 0 Å². The molecule has 0 aliphatic rings. The molecule has 18 heavy (non-hydrogen) atoms. The van der Waals surface area contributed by atoms with Crippen LogP contribution in [0.15, 0.2) is 67.8 Å². The van der Waals surface area contributed by atoms with Crippen molar-refractivity contribution < 1.29 is 0 Å². The number of nitrogens with one attached hydrogen (secondary N) is 1. The highest BCUT2D eigenvalue weighted by molar-refractivity contribution is 5.78. The molecule has 2 aromatic carbocycles. The van der Waals surface area contributed by atoms with E-state index in [-0.39, 0.29) is 0 Å². The van der Waals surface area contributed by atoms with Gasteiger partial charge >= 0.3 is 0 Å². The topological polar surface area (TPSA) is 12.0 Å². The molecule has 0 heterocycles. The molecule has 0 spiro atoms. The second kappa shape index (κ2) is 5.37. The van der Waals surface area contributed by atoms with E-state index in [0.717, 1.165) is 28.0 Å². The minimum absolute atomic E-state index is 0.923. The summed E-state index contributed by atoms with van der Waals surface area (Å²) in [6.45, 7) is 8.09. The Kier molecular flexibility index (Phi) is 3.63. The van der Waals surface area contributed by atoms with Crippen LogP contribution in [0.25, 0.3) is 11.3 Å². The standard InChI is InChI=1S/C17H17N/c1-13(15-7-5-4-6-8-15)16-9-11-17(12-10-16)14(2)18-3/h4-12,18H,1-2H2,3H3. The fourth-order valence-electron chi connectivity index (χ4n) is 1.82. The van der Waals surface area contributed by atoms with Crippen molar-refractivity contribution in [3.05, 3.63) is 84.4 Å². The van der Waals surface area contributed by atoms with E-state index in [0.29, 0.717) is 0 Å². The van der Waals surface area contributed by atoms with Crippen LogP contribution in [-0.2, 0) is 0 Å². The Morgan fingerprint density at radius 2 is 1.28 bits per heavy atom. The maximum atomic E-state index is 4.15. The first-order valence-electron chi connectivity index (χ1n) is 5.94. The van der Waals surface area contributed by atoms with E-state index in [1.807, 2.05) is 25.2 Å². The van der Waals surface area contributed by atoms with Gasteiger partial charge < -0.3 is 5.32 Å². The molecule has 2 rings (SSSR count). The maximum absolute atomic E-state index is 4.15. The first-order valence-corrected chi connectivity index (χ1v) is 5.94. The van der Waals surface area contributed by atoms with Gasteiger partial charge in [0, 0.05) is 12.7 Å². The summed E-state index contributed by atoms with van der Waals surface area (Å²) in [7, 11) is 1.87. The molecule has 1 nitrogen and oxygen atoms in total. The minimum atomic E-state index is 0.923. The quantitative estimate of drug-likeness (QED) is 0.846. The Labute approximate surface area is 108 Å². The highest BCUT2D eigenvalue weighted by Gasteiger charge is 2.02. The molecule has 1 N–H and O–H groups in total. The van der Waals surface area contributed by atoms with Gasteiger partial charge in [-0.2, -0.15) is 0 Å². The van der Waals surface area contributed by atoms with E-state index in [4.69, 9.17) is 0 Å². The van der Waals surface area contributed by atoms with Crippen LogP contribution in [0.3, 0.4) is 0 Å². The highest BCUT2D eigenvalue weighted by atomic mass is 14.8. The normalized spacial score (nSPS) is 9.83. The van der Waals surface area contributed by atoms with Crippen LogP contribution >= 0.6 is 0 Å². The molecule has 0 saturated carbocycles. The summed E-state index contributed by atoms with van der Waals surface area (Å²) in [5, 5.41) is 3.04. The SMILES string of the molecule is C=C(NC)c1ccc(C(=C)c2ccccc2)cc1. The third-order valence-corrected chi connectivity index (χ3v) is 3.01. The molecule has 0 amide bonds. The van der Waals surface area contributed by atoms with Crippen LogP contribution in [0.2, 0.25) is 0 Å². The van der Waals surface area contributed by atoms with Crippen molar-refractivity contribution in [2.75, 3.05) is 7.05 Å². The second-order valence-corrected chi connectivity index (χ2v) is 4.15. The summed E-state index contributed by atoms with van der Waals surface area (Å²) in [6, 6.07) is 18.5. The van der Waals surface area contributed by atoms with Crippen LogP contribution in [-0.4, -0.2) is 7.05 Å². The van der Waals surface area contributed by atoms with Crippen LogP contribution in [0.5, 0.6) is 0 Å². The zero-order chi connectivity index (χ0) is 13.0. The molecule has 0 atom stereocenters. The predicted molar refractivity (Wildman–Crippen MR) is 79.1 cm³/mol. The molecule has 2 aromatic rings. The van der Waals surface area contributed by atoms with E-state index in [1.165, 1.54) is 0 Å². The molecule has 0 bridgehead atoms. The lowest BCUT2D eigenvalue weighted by Crippen LogP contribution is -2.02. The van der Waals surface area contributed by atoms with Crippen molar-refractivity contribution in [1.82, 2.24) is 5.32 Å². The number of hydrogen-bond donors (Lipinski definition) is 1. The first-order chi connectivity index (χ1) is 8.72. The van der Waals surface area contributed by atoms with Crippen LogP contribution in [0.4, 0.5) is 0 Å². The number of hydrogen-bond acceptors (Lipinski definition) is 1. The molecule has 0 aliphatic heterocycles. The first kappa shape index (κ1) is 12.2. The Morgan fingerprint density at radius 3 is 1.83 bits per heavy atom. The smallest absolute Gasteiger partial charge is 0.0338 e. The molecule has 0 aliphatic carbocycles. The monoisotopic (exact) mass is 235 g/mol. The van der Waals surface area contributed by atoms with E-state index < -0.39 is 0 Å². The summed E-state index contributed by atoms with van der Waals surface area (Å²) in [4.78, 5) is 0. The summed E-state index contributed by atoms with van der Waals surface area (Å²) in [5.74, 6) is 0. The van der Waals surface area contributed by atoms with Gasteiger partial charge in [-0.05, 0) is 22.3 Å². The number of rotatable bonds is 4. The van der Waals surface area contributed by atoms with Crippen molar-refractivity contribution >= 4 is 11.3 Å². The van der Waals surface area contributed by atoms with Gasteiger partial charge in [0.05, 0.1) is 0 Å². The van der Waals surface area contributed by atoms with Gasteiger partial charge in [-0.3, -0.25) is 0 Å². The Morgan fingerprint density at radius 1 is 0.778 bits per heavy atom. The van der Waals surface area contributed by atoms with Gasteiger partial charge in [0.1, 0.15) is 0 Å². The van der Waals surface area contributed by atoms with E-state index in [2.05, 4.69) is 54.9 Å². The molecule has 0 fully saturated rings. The zero-order valence-corrected chi connectivity index (χ0v) is 10.6. The second-order valence-electron chi connectivity index (χ2n) is 4.15. The van der Waals surface area contributed by atoms with Crippen molar-refractivity contribution in [3.8, 4) is 0 Å². The summed E-state index contributed by atoms with van der Waals surface area (Å²) in [5.41, 5.74) is 5.35. The molecule has 90 valence electrons. The number of benzene rings is 2. The molecule has 0 aromatic heterocycles. The van der Waals surface area contributed by atoms with E-state index >= 15 is 0 Å². The van der Waals surface area contributed by atoms with Crippen LogP contribution in [0, 0.1) is 0 Å². The molecular weight excluding hydrogens is 218 g/mol. The fraction of sp³-hybridized carbons (Fsp3) is 0.0588. The summed E-state index contributed by atoms with van der Waals surface area (Å²) < 4.78 is 0. The van der Waals surface area contributed by atoms with Gasteiger partial charge in [0.2, 0.25) is 0 Å². The predicted octanol–water partition coefficient (Wildman–Crippen LogP) is 3.94. The lowest BCUT2D eigenvalue weighted by Gasteiger charge is -2.09. The average molecular weight is 235 g/mol. The van der Waals surface area contributed by atoms with Gasteiger partial charge in [-0.1, -0.05) is 67.8 Å². The molecule has 0 saturated heterocycles. The Balaban J connectivity index is 2.25. The minimum Gasteiger partial charge on any atom is -0.388 e. The third kappa shape index (κ3) is 2.51. The Bertz CT molecular complexity index is 550. The zero-order valence-electron chi connectivity index (χ0n) is 10.6. The van der Waals surface area contributed by atoms with Gasteiger partial charge in [0.25, 0.3) is 0 Å². The van der Waals surface area contributed by atoms with Crippen molar-refractivity contribution in [2.45, 2.75) is 0 Å². The molecule has 0 unspecified atom stereocenters. The van der Waals surface area contributed by atoms with E-state index in [1.54, 1.807) is 0 Å². The molecule has 1 heteroatoms. The average Bonchev–Trinajstić information content (AvgIpc) is 2.47. The van der Waals surface area contributed by atoms with Gasteiger partial charge in [-0.25, -0.2) is 0 Å². The van der Waals surface area contributed by atoms with Crippen molar-refractivity contribution in [1.29, 1.82) is 0 Å². The summed E-state index contributed by atoms with van der Waals surface area (Å²) >= 11 is 0. The van der Waals surface area contributed by atoms with Gasteiger partial charge in [0.15, 0.2) is 0 Å². The van der Waals surface area contributed by atoms with Crippen molar-refractivity contribution in [3.63, 3.8) is 0 Å². The highest BCUT2D eigenvalue weighted by Crippen LogP contribution is 2.22. The molecule has 0 radical (unpaired) electrons. The fourth-order valence-corrected chi connectivity index (χ4v) is 1.82. The van der Waals surface area contributed by atoms with Crippen molar-refractivity contribution in [2.24, 2.45) is 0 Å². The van der Waals surface area contributed by atoms with E-state index in [9.17, 15) is 0 Å². The summed E-state index contributed by atoms with van der Waals surface area (Å²) in [6.07, 6.45) is 0. The maximum Gasteiger partial charge on any atom is 0.0338 e. The lowest BCUT2D eigenvalue weighted by atomic mass is 9.98. The lowest BCUT2D eigenvalue weighted by molar-refractivity contribution is 1.13. The van der Waals surface area contributed by atoms with Crippen LogP contribution in [0.1, 0.15) is 16.7 Å². The largest absolute Gasteiger partial charge is 0.388 e. The third-order valence-electron chi connectivity index (χ3n) is 3.01. The van der Waals surface area contributed by atoms with Crippen LogP contribution < -0.4 is 5.32 Å². The molecular formula is C17H17N.